The molecule has 0 spiro atoms. The summed E-state index contributed by atoms with van der Waals surface area (Å²) in [7, 11) is 1.52. The number of ether oxygens (including phenoxy) is 2. The Morgan fingerprint density at radius 3 is 2.67 bits per heavy atom. The third-order valence-electron chi connectivity index (χ3n) is 5.23. The lowest BCUT2D eigenvalue weighted by Gasteiger charge is -2.28. The predicted octanol–water partition coefficient (Wildman–Crippen LogP) is 3.38. The molecule has 1 saturated heterocycles. The molecule has 1 atom stereocenters. The molecular formula is C22H21N5O4S2. The van der Waals surface area contributed by atoms with Crippen LogP contribution in [0.25, 0.3) is 32.0 Å². The Hall–Kier alpha value is -2.99. The fraction of sp³-hybridized carbons (Fsp3) is 0.273. The Morgan fingerprint density at radius 1 is 1.15 bits per heavy atom. The van der Waals surface area contributed by atoms with E-state index in [0.717, 1.165) is 45.1 Å². The monoisotopic (exact) mass is 483 g/mol. The van der Waals surface area contributed by atoms with Gasteiger partial charge in [0.1, 0.15) is 0 Å². The highest BCUT2D eigenvalue weighted by atomic mass is 32.2. The van der Waals surface area contributed by atoms with E-state index in [1.54, 1.807) is 23.7 Å². The van der Waals surface area contributed by atoms with Gasteiger partial charge in [0.15, 0.2) is 22.7 Å². The molecule has 5 rings (SSSR count). The summed E-state index contributed by atoms with van der Waals surface area (Å²) in [4.78, 5) is 21.3. The van der Waals surface area contributed by atoms with Crippen molar-refractivity contribution in [3.63, 3.8) is 0 Å². The fourth-order valence-electron chi connectivity index (χ4n) is 3.67. The van der Waals surface area contributed by atoms with Gasteiger partial charge in [-0.2, -0.15) is 0 Å². The van der Waals surface area contributed by atoms with Crippen molar-refractivity contribution in [3.05, 3.63) is 48.3 Å². The maximum Gasteiger partial charge on any atom is 0.316 e. The Labute approximate surface area is 196 Å². The smallest absolute Gasteiger partial charge is 0.316 e. The number of fused-ring (bicyclic) bond motifs is 1. The van der Waals surface area contributed by atoms with Crippen molar-refractivity contribution in [1.29, 1.82) is 0 Å². The highest BCUT2D eigenvalue weighted by molar-refractivity contribution is 7.78. The zero-order chi connectivity index (χ0) is 22.8. The van der Waals surface area contributed by atoms with Gasteiger partial charge < -0.3 is 18.9 Å². The molecule has 1 aromatic carbocycles. The van der Waals surface area contributed by atoms with Crippen LogP contribution in [0.1, 0.15) is 5.56 Å². The third-order valence-corrected chi connectivity index (χ3v) is 6.98. The summed E-state index contributed by atoms with van der Waals surface area (Å²) in [6.45, 7) is 2.78. The number of hydrogen-bond acceptors (Lipinski definition) is 9. The Bertz CT molecular complexity index is 1310. The number of hydrogen-bond donors (Lipinski definition) is 1. The molecule has 1 unspecified atom stereocenters. The molecule has 4 heterocycles. The van der Waals surface area contributed by atoms with E-state index in [4.69, 9.17) is 19.4 Å². The molecule has 1 fully saturated rings. The van der Waals surface area contributed by atoms with Crippen LogP contribution in [0.15, 0.2) is 42.7 Å². The molecule has 0 saturated carbocycles. The number of nitrogens with zero attached hydrogens (tertiary/aromatic N) is 5. The van der Waals surface area contributed by atoms with Crippen molar-refractivity contribution in [2.75, 3.05) is 38.3 Å². The van der Waals surface area contributed by atoms with Gasteiger partial charge in [0.2, 0.25) is 0 Å². The van der Waals surface area contributed by atoms with Crippen LogP contribution in [0.4, 0.5) is 5.82 Å². The Kier molecular flexibility index (Phi) is 6.27. The van der Waals surface area contributed by atoms with E-state index < -0.39 is 11.1 Å². The number of benzene rings is 1. The number of thiophene rings is 1. The van der Waals surface area contributed by atoms with Gasteiger partial charge in [0, 0.05) is 30.4 Å². The van der Waals surface area contributed by atoms with Crippen LogP contribution >= 0.6 is 11.3 Å². The molecule has 0 bridgehead atoms. The second-order valence-electron chi connectivity index (χ2n) is 7.42. The van der Waals surface area contributed by atoms with E-state index in [-0.39, 0.29) is 11.8 Å². The maximum absolute atomic E-state index is 11.3. The number of anilines is 1. The zero-order valence-electron chi connectivity index (χ0n) is 17.8. The first kappa shape index (κ1) is 21.8. The van der Waals surface area contributed by atoms with E-state index in [1.165, 1.54) is 7.11 Å². The largest absolute Gasteiger partial charge is 0.467 e. The van der Waals surface area contributed by atoms with Crippen LogP contribution in [0.5, 0.6) is 6.01 Å². The maximum atomic E-state index is 11.3. The quantitative estimate of drug-likeness (QED) is 0.413. The normalized spacial score (nSPS) is 15.0. The first-order valence-corrected chi connectivity index (χ1v) is 12.4. The summed E-state index contributed by atoms with van der Waals surface area (Å²) in [5.41, 5.74) is 3.31. The minimum Gasteiger partial charge on any atom is -0.467 e. The van der Waals surface area contributed by atoms with Crippen molar-refractivity contribution in [2.45, 2.75) is 5.75 Å². The van der Waals surface area contributed by atoms with Gasteiger partial charge in [0.05, 0.1) is 41.9 Å². The molecule has 0 amide bonds. The van der Waals surface area contributed by atoms with Gasteiger partial charge in [-0.1, -0.05) is 18.2 Å². The Morgan fingerprint density at radius 2 is 1.94 bits per heavy atom. The highest BCUT2D eigenvalue weighted by Gasteiger charge is 2.21. The summed E-state index contributed by atoms with van der Waals surface area (Å²) in [6, 6.07) is 10.0. The van der Waals surface area contributed by atoms with Crippen molar-refractivity contribution < 1.29 is 18.2 Å². The lowest BCUT2D eigenvalue weighted by molar-refractivity contribution is 0.122. The predicted molar refractivity (Wildman–Crippen MR) is 128 cm³/mol. The lowest BCUT2D eigenvalue weighted by atomic mass is 10.1. The van der Waals surface area contributed by atoms with Crippen molar-refractivity contribution in [1.82, 2.24) is 19.9 Å². The molecule has 170 valence electrons. The van der Waals surface area contributed by atoms with Gasteiger partial charge in [-0.15, -0.1) is 11.3 Å². The second kappa shape index (κ2) is 9.48. The zero-order valence-corrected chi connectivity index (χ0v) is 19.4. The van der Waals surface area contributed by atoms with Crippen LogP contribution in [0.3, 0.4) is 0 Å². The first-order chi connectivity index (χ1) is 16.1. The topological polar surface area (TPSA) is 111 Å². The number of aromatic nitrogens is 4. The average molecular weight is 484 g/mol. The molecule has 3 aromatic heterocycles. The number of morpholine rings is 1. The highest BCUT2D eigenvalue weighted by Crippen LogP contribution is 2.39. The summed E-state index contributed by atoms with van der Waals surface area (Å²) >= 11 is -0.277. The molecule has 4 aromatic rings. The van der Waals surface area contributed by atoms with Crippen molar-refractivity contribution in [2.24, 2.45) is 0 Å². The van der Waals surface area contributed by atoms with Gasteiger partial charge >= 0.3 is 6.01 Å². The average Bonchev–Trinajstić information content (AvgIpc) is 3.28. The molecule has 0 radical (unpaired) electrons. The molecule has 1 aliphatic rings. The van der Waals surface area contributed by atoms with Crippen LogP contribution in [-0.2, 0) is 21.6 Å². The van der Waals surface area contributed by atoms with Gasteiger partial charge in [-0.25, -0.2) is 24.1 Å². The second-order valence-corrected chi connectivity index (χ2v) is 9.40. The first-order valence-electron chi connectivity index (χ1n) is 10.3. The van der Waals surface area contributed by atoms with Crippen LogP contribution in [0, 0.1) is 0 Å². The molecule has 33 heavy (non-hydrogen) atoms. The van der Waals surface area contributed by atoms with E-state index >= 15 is 0 Å². The number of methoxy groups -OCH3 is 1. The lowest BCUT2D eigenvalue weighted by Crippen LogP contribution is -2.36. The summed E-state index contributed by atoms with van der Waals surface area (Å²) in [5.74, 6) is 1.50. The van der Waals surface area contributed by atoms with Gasteiger partial charge in [-0.05, 0) is 23.3 Å². The Balaban J connectivity index is 1.62. The van der Waals surface area contributed by atoms with Crippen molar-refractivity contribution in [3.8, 4) is 27.8 Å². The third kappa shape index (κ3) is 4.71. The summed E-state index contributed by atoms with van der Waals surface area (Å²) < 4.78 is 32.1. The van der Waals surface area contributed by atoms with Crippen molar-refractivity contribution >= 4 is 38.5 Å². The van der Waals surface area contributed by atoms with E-state index in [2.05, 4.69) is 14.9 Å². The molecule has 1 N–H and O–H groups in total. The van der Waals surface area contributed by atoms with Gasteiger partial charge in [0.25, 0.3) is 0 Å². The molecule has 0 aliphatic carbocycles. The molecule has 1 aliphatic heterocycles. The summed E-state index contributed by atoms with van der Waals surface area (Å²) in [5, 5.41) is 0. The van der Waals surface area contributed by atoms with E-state index in [1.807, 2.05) is 30.3 Å². The molecular weight excluding hydrogens is 462 g/mol. The van der Waals surface area contributed by atoms with Crippen LogP contribution in [-0.4, -0.2) is 62.1 Å². The number of rotatable bonds is 6. The van der Waals surface area contributed by atoms with Gasteiger partial charge in [-0.3, -0.25) is 0 Å². The van der Waals surface area contributed by atoms with Crippen LogP contribution in [0.2, 0.25) is 0 Å². The SMILES string of the molecule is COc1ncc(-c2nc(N3CCOCC3)c3sc(-c4cccc(CS(=O)O)c4)cc3n2)cn1. The molecule has 9 nitrogen and oxygen atoms in total. The standard InChI is InChI=1S/C22H21N5O4S2/c1-30-22-23-11-16(12-24-22)20-25-17-10-18(15-4-2-3-14(9-15)13-33(28)29)32-19(17)21(26-20)27-5-7-31-8-6-27/h2-4,9-12H,5-8,13H2,1H3,(H,28,29). The van der Waals surface area contributed by atoms with E-state index in [9.17, 15) is 8.76 Å². The van der Waals surface area contributed by atoms with Crippen LogP contribution < -0.4 is 9.64 Å². The molecule has 11 heteroatoms. The van der Waals surface area contributed by atoms with E-state index in [0.29, 0.717) is 24.6 Å². The minimum atomic E-state index is -1.89. The summed E-state index contributed by atoms with van der Waals surface area (Å²) in [6.07, 6.45) is 3.31. The minimum absolute atomic E-state index is 0.0964. The fourth-order valence-corrected chi connectivity index (χ4v) is 5.24.